The van der Waals surface area contributed by atoms with Crippen molar-refractivity contribution in [2.75, 3.05) is 6.61 Å². The van der Waals surface area contributed by atoms with Crippen LogP contribution in [0.25, 0.3) is 11.1 Å². The number of hydrogen-bond donors (Lipinski definition) is 2. The summed E-state index contributed by atoms with van der Waals surface area (Å²) in [6.45, 7) is 4.76. The Balaban J connectivity index is 1.52. The van der Waals surface area contributed by atoms with Crippen molar-refractivity contribution in [3.63, 3.8) is 0 Å². The Bertz CT molecular complexity index is 1200. The van der Waals surface area contributed by atoms with Gasteiger partial charge in [0.1, 0.15) is 12.1 Å². The molecule has 1 aromatic carbocycles. The van der Waals surface area contributed by atoms with Gasteiger partial charge in [0, 0.05) is 17.6 Å². The van der Waals surface area contributed by atoms with Crippen molar-refractivity contribution in [3.05, 3.63) is 58.9 Å². The summed E-state index contributed by atoms with van der Waals surface area (Å²) in [4.78, 5) is 16.4. The standard InChI is InChI=1S/C24H27ClN6O2/c1-3-4-11-33-16-7-8-18(19(25)12-16)24(2)13-17(20-9-10-31(30-20)15-5-6-15)21(23(32)28-24)22-26-14-27-29-22/h7-10,12,14-15H,3-6,11,13H2,1-2H3,(H,28,32)(H,26,27,29)/t24-/m0/s1. The highest BCUT2D eigenvalue weighted by Crippen LogP contribution is 2.43. The molecular weight excluding hydrogens is 440 g/mol. The number of aromatic nitrogens is 5. The van der Waals surface area contributed by atoms with Gasteiger partial charge in [-0.05, 0) is 55.5 Å². The van der Waals surface area contributed by atoms with Crippen LogP contribution >= 0.6 is 11.6 Å². The first kappa shape index (κ1) is 21.7. The van der Waals surface area contributed by atoms with Gasteiger partial charge in [0.05, 0.1) is 29.5 Å². The van der Waals surface area contributed by atoms with E-state index in [9.17, 15) is 4.79 Å². The fraction of sp³-hybridized carbons (Fsp3) is 0.417. The molecule has 1 aliphatic heterocycles. The number of rotatable bonds is 8. The van der Waals surface area contributed by atoms with E-state index in [0.29, 0.717) is 35.5 Å². The Morgan fingerprint density at radius 1 is 1.30 bits per heavy atom. The molecule has 1 atom stereocenters. The summed E-state index contributed by atoms with van der Waals surface area (Å²) in [5.41, 5.74) is 2.15. The predicted octanol–water partition coefficient (Wildman–Crippen LogP) is 4.51. The van der Waals surface area contributed by atoms with E-state index in [4.69, 9.17) is 21.4 Å². The molecule has 172 valence electrons. The van der Waals surface area contributed by atoms with Crippen LogP contribution in [0.3, 0.4) is 0 Å². The quantitative estimate of drug-likeness (QED) is 0.476. The van der Waals surface area contributed by atoms with Crippen LogP contribution in [0.2, 0.25) is 5.02 Å². The summed E-state index contributed by atoms with van der Waals surface area (Å²) >= 11 is 6.70. The topological polar surface area (TPSA) is 97.7 Å². The lowest BCUT2D eigenvalue weighted by molar-refractivity contribution is -0.117. The van der Waals surface area contributed by atoms with Gasteiger partial charge in [0.25, 0.3) is 5.91 Å². The van der Waals surface area contributed by atoms with E-state index in [2.05, 4.69) is 27.4 Å². The van der Waals surface area contributed by atoms with E-state index in [1.54, 1.807) is 0 Å². The molecule has 1 amide bonds. The number of amides is 1. The lowest BCUT2D eigenvalue weighted by Gasteiger charge is -2.37. The minimum atomic E-state index is -0.724. The van der Waals surface area contributed by atoms with Crippen molar-refractivity contribution < 1.29 is 9.53 Å². The number of H-pyrrole nitrogens is 1. The predicted molar refractivity (Wildman–Crippen MR) is 126 cm³/mol. The van der Waals surface area contributed by atoms with Crippen LogP contribution in [0.4, 0.5) is 0 Å². The van der Waals surface area contributed by atoms with Crippen LogP contribution < -0.4 is 10.1 Å². The van der Waals surface area contributed by atoms with E-state index in [1.807, 2.05) is 42.1 Å². The van der Waals surface area contributed by atoms with Gasteiger partial charge in [-0.15, -0.1) is 10.2 Å². The first-order chi connectivity index (χ1) is 16.0. The Hall–Kier alpha value is -3.13. The molecule has 2 aromatic heterocycles. The number of aromatic amines is 1. The number of hydrogen-bond acceptors (Lipinski definition) is 5. The third kappa shape index (κ3) is 4.27. The van der Waals surface area contributed by atoms with E-state index in [0.717, 1.165) is 48.3 Å². The molecule has 0 unspecified atom stereocenters. The van der Waals surface area contributed by atoms with Crippen molar-refractivity contribution in [2.24, 2.45) is 0 Å². The van der Waals surface area contributed by atoms with Crippen LogP contribution in [0.5, 0.6) is 5.75 Å². The zero-order chi connectivity index (χ0) is 23.0. The highest BCUT2D eigenvalue weighted by Gasteiger charge is 2.41. The Kier molecular flexibility index (Phi) is 5.70. The number of ether oxygens (including phenoxy) is 1. The van der Waals surface area contributed by atoms with Crippen molar-refractivity contribution in [3.8, 4) is 5.75 Å². The zero-order valence-corrected chi connectivity index (χ0v) is 19.5. The number of benzene rings is 1. The minimum Gasteiger partial charge on any atom is -0.494 e. The fourth-order valence-electron chi connectivity index (χ4n) is 4.30. The van der Waals surface area contributed by atoms with Gasteiger partial charge in [-0.1, -0.05) is 31.0 Å². The lowest BCUT2D eigenvalue weighted by Crippen LogP contribution is -2.47. The van der Waals surface area contributed by atoms with E-state index < -0.39 is 5.54 Å². The largest absolute Gasteiger partial charge is 0.494 e. The third-order valence-electron chi connectivity index (χ3n) is 6.24. The smallest absolute Gasteiger partial charge is 0.256 e. The van der Waals surface area contributed by atoms with E-state index in [1.165, 1.54) is 6.33 Å². The molecule has 3 aromatic rings. The SMILES string of the molecule is CCCCOc1ccc([C@]2(C)CC(c3ccn(C4CC4)n3)=C(c3nnc[nH]3)C(=O)N2)c(Cl)c1. The van der Waals surface area contributed by atoms with Gasteiger partial charge in [0.2, 0.25) is 0 Å². The number of carbonyl (C=O) groups is 1. The van der Waals surface area contributed by atoms with Crippen LogP contribution in [0.1, 0.15) is 69.1 Å². The second-order valence-corrected chi connectivity index (χ2v) is 9.32. The number of nitrogens with one attached hydrogen (secondary N) is 2. The molecule has 1 saturated carbocycles. The summed E-state index contributed by atoms with van der Waals surface area (Å²) in [6.07, 6.45) is 8.28. The third-order valence-corrected chi connectivity index (χ3v) is 6.55. The summed E-state index contributed by atoms with van der Waals surface area (Å²) < 4.78 is 7.78. The normalized spacial score (nSPS) is 20.8. The number of unbranched alkanes of at least 4 members (excludes halogenated alkanes) is 1. The van der Waals surface area contributed by atoms with Crippen LogP contribution in [0, 0.1) is 0 Å². The van der Waals surface area contributed by atoms with Crippen molar-refractivity contribution in [1.82, 2.24) is 30.3 Å². The minimum absolute atomic E-state index is 0.240. The molecule has 0 spiro atoms. The molecular formula is C24H27ClN6O2. The summed E-state index contributed by atoms with van der Waals surface area (Å²) in [5, 5.41) is 16.5. The monoisotopic (exact) mass is 466 g/mol. The first-order valence-corrected chi connectivity index (χ1v) is 11.8. The molecule has 0 radical (unpaired) electrons. The second-order valence-electron chi connectivity index (χ2n) is 8.91. The molecule has 2 aliphatic rings. The Morgan fingerprint density at radius 2 is 2.15 bits per heavy atom. The van der Waals surface area contributed by atoms with Crippen molar-refractivity contribution in [2.45, 2.75) is 57.5 Å². The zero-order valence-electron chi connectivity index (χ0n) is 18.8. The van der Waals surface area contributed by atoms with E-state index in [-0.39, 0.29) is 5.91 Å². The second kappa shape index (κ2) is 8.67. The van der Waals surface area contributed by atoms with Crippen LogP contribution in [-0.2, 0) is 10.3 Å². The number of nitrogens with zero attached hydrogens (tertiary/aromatic N) is 4. The fourth-order valence-corrected chi connectivity index (χ4v) is 4.68. The first-order valence-electron chi connectivity index (χ1n) is 11.4. The summed E-state index contributed by atoms with van der Waals surface area (Å²) in [5.74, 6) is 0.913. The van der Waals surface area contributed by atoms with E-state index >= 15 is 0 Å². The maximum atomic E-state index is 13.4. The molecule has 1 fully saturated rings. The van der Waals surface area contributed by atoms with Crippen molar-refractivity contribution in [1.29, 1.82) is 0 Å². The molecule has 5 rings (SSSR count). The van der Waals surface area contributed by atoms with Crippen LogP contribution in [0.15, 0.2) is 36.8 Å². The maximum absolute atomic E-state index is 13.4. The van der Waals surface area contributed by atoms with Gasteiger partial charge in [0.15, 0.2) is 5.82 Å². The maximum Gasteiger partial charge on any atom is 0.256 e. The highest BCUT2D eigenvalue weighted by atomic mass is 35.5. The number of halogens is 1. The van der Waals surface area contributed by atoms with Gasteiger partial charge < -0.3 is 15.0 Å². The Morgan fingerprint density at radius 3 is 2.85 bits per heavy atom. The molecule has 2 N–H and O–H groups in total. The van der Waals surface area contributed by atoms with Gasteiger partial charge >= 0.3 is 0 Å². The average Bonchev–Trinajstić information content (AvgIpc) is 3.28. The van der Waals surface area contributed by atoms with Gasteiger partial charge in [-0.25, -0.2) is 0 Å². The molecule has 3 heterocycles. The molecule has 8 nitrogen and oxygen atoms in total. The highest BCUT2D eigenvalue weighted by molar-refractivity contribution is 6.32. The van der Waals surface area contributed by atoms with Gasteiger partial charge in [-0.2, -0.15) is 5.10 Å². The molecule has 1 aliphatic carbocycles. The average molecular weight is 467 g/mol. The number of carbonyl (C=O) groups excluding carboxylic acids is 1. The molecule has 0 saturated heterocycles. The van der Waals surface area contributed by atoms with Crippen molar-refractivity contribution >= 4 is 28.7 Å². The molecule has 0 bridgehead atoms. The summed E-state index contributed by atoms with van der Waals surface area (Å²) in [6, 6.07) is 8.08. The molecule has 9 heteroatoms. The van der Waals surface area contributed by atoms with Crippen LogP contribution in [-0.4, -0.2) is 37.5 Å². The summed E-state index contributed by atoms with van der Waals surface area (Å²) in [7, 11) is 0. The van der Waals surface area contributed by atoms with Gasteiger partial charge in [-0.3, -0.25) is 9.48 Å². The lowest BCUT2D eigenvalue weighted by atomic mass is 9.79. The molecule has 33 heavy (non-hydrogen) atoms. The Labute approximate surface area is 197 Å².